The summed E-state index contributed by atoms with van der Waals surface area (Å²) in [6, 6.07) is 4.46. The number of hydrogen-bond acceptors (Lipinski definition) is 2. The van der Waals surface area contributed by atoms with Crippen molar-refractivity contribution in [2.45, 2.75) is 24.3 Å². The van der Waals surface area contributed by atoms with Crippen molar-refractivity contribution in [2.75, 3.05) is 24.2 Å². The maximum atomic E-state index is 2.50. The molecule has 0 unspecified atom stereocenters. The van der Waals surface area contributed by atoms with Gasteiger partial charge >= 0.3 is 0 Å². The van der Waals surface area contributed by atoms with Gasteiger partial charge in [-0.05, 0) is 37.7 Å². The molecule has 0 bridgehead atoms. The highest BCUT2D eigenvalue weighted by Gasteiger charge is 2.14. The summed E-state index contributed by atoms with van der Waals surface area (Å²) in [7, 11) is 2.16. The van der Waals surface area contributed by atoms with Crippen LogP contribution in [0.2, 0.25) is 0 Å². The van der Waals surface area contributed by atoms with Crippen molar-refractivity contribution in [3.63, 3.8) is 0 Å². The number of piperidine rings is 1. The molecule has 2 nitrogen and oxygen atoms in total. The quantitative estimate of drug-likeness (QED) is 0.694. The number of nitrogens with zero attached hydrogens (tertiary/aromatic N) is 2. The van der Waals surface area contributed by atoms with Gasteiger partial charge in [-0.25, -0.2) is 0 Å². The molecule has 1 fully saturated rings. The van der Waals surface area contributed by atoms with Crippen LogP contribution in [-0.4, -0.2) is 23.9 Å². The molecule has 0 aromatic carbocycles. The normalized spacial score (nSPS) is 17.4. The van der Waals surface area contributed by atoms with Gasteiger partial charge in [0.1, 0.15) is 5.82 Å². The van der Waals surface area contributed by atoms with Gasteiger partial charge in [0, 0.05) is 20.1 Å². The SMILES string of the molecule is CSc1ccc(N2CCCCC2)n1C. The second-order valence-electron chi connectivity index (χ2n) is 3.84. The van der Waals surface area contributed by atoms with E-state index in [9.17, 15) is 0 Å². The predicted molar refractivity (Wildman–Crippen MR) is 63.3 cm³/mol. The van der Waals surface area contributed by atoms with Gasteiger partial charge in [0.05, 0.1) is 5.03 Å². The smallest absolute Gasteiger partial charge is 0.109 e. The Morgan fingerprint density at radius 2 is 1.86 bits per heavy atom. The maximum Gasteiger partial charge on any atom is 0.109 e. The van der Waals surface area contributed by atoms with E-state index in [-0.39, 0.29) is 0 Å². The Labute approximate surface area is 90.3 Å². The third-order valence-corrected chi connectivity index (χ3v) is 3.77. The van der Waals surface area contributed by atoms with Crippen LogP contribution in [0.15, 0.2) is 17.2 Å². The van der Waals surface area contributed by atoms with Gasteiger partial charge in [-0.1, -0.05) is 0 Å². The van der Waals surface area contributed by atoms with Crippen LogP contribution in [0.4, 0.5) is 5.82 Å². The Morgan fingerprint density at radius 1 is 1.14 bits per heavy atom. The molecule has 0 spiro atoms. The van der Waals surface area contributed by atoms with Gasteiger partial charge < -0.3 is 9.47 Å². The van der Waals surface area contributed by atoms with Gasteiger partial charge in [0.25, 0.3) is 0 Å². The summed E-state index contributed by atoms with van der Waals surface area (Å²) < 4.78 is 2.30. The van der Waals surface area contributed by atoms with Crippen LogP contribution in [-0.2, 0) is 7.05 Å². The summed E-state index contributed by atoms with van der Waals surface area (Å²) in [5.74, 6) is 1.38. The number of thioether (sulfide) groups is 1. The molecule has 1 aromatic rings. The first-order valence-corrected chi connectivity index (χ1v) is 6.50. The third-order valence-electron chi connectivity index (χ3n) is 2.94. The fourth-order valence-corrected chi connectivity index (χ4v) is 2.70. The Hall–Kier alpha value is -0.570. The van der Waals surface area contributed by atoms with Gasteiger partial charge in [-0.2, -0.15) is 0 Å². The molecule has 0 radical (unpaired) electrons. The molecular formula is C11H18N2S. The van der Waals surface area contributed by atoms with E-state index >= 15 is 0 Å². The molecule has 0 N–H and O–H groups in total. The second kappa shape index (κ2) is 4.30. The number of hydrogen-bond donors (Lipinski definition) is 0. The first kappa shape index (κ1) is 9.97. The van der Waals surface area contributed by atoms with Crippen LogP contribution in [0, 0.1) is 0 Å². The highest BCUT2D eigenvalue weighted by atomic mass is 32.2. The summed E-state index contributed by atoms with van der Waals surface area (Å²) in [6.45, 7) is 2.46. The molecule has 2 rings (SSSR count). The van der Waals surface area contributed by atoms with Crippen LogP contribution in [0.25, 0.3) is 0 Å². The van der Waals surface area contributed by atoms with E-state index in [0.717, 1.165) is 0 Å². The second-order valence-corrected chi connectivity index (χ2v) is 4.67. The molecule has 1 aromatic heterocycles. The van der Waals surface area contributed by atoms with E-state index in [1.807, 2.05) is 11.8 Å². The van der Waals surface area contributed by atoms with Crippen molar-refractivity contribution >= 4 is 17.6 Å². The fraction of sp³-hybridized carbons (Fsp3) is 0.636. The topological polar surface area (TPSA) is 8.17 Å². The van der Waals surface area contributed by atoms with Gasteiger partial charge in [0.15, 0.2) is 0 Å². The molecule has 1 saturated heterocycles. The molecular weight excluding hydrogens is 192 g/mol. The molecule has 3 heteroatoms. The van der Waals surface area contributed by atoms with Crippen LogP contribution >= 0.6 is 11.8 Å². The standard InChI is InChI=1S/C11H18N2S/c1-12-10(6-7-11(12)14-2)13-8-4-3-5-9-13/h6-7H,3-5,8-9H2,1-2H3. The zero-order valence-corrected chi connectivity index (χ0v) is 9.81. The average molecular weight is 210 g/mol. The molecule has 2 heterocycles. The number of anilines is 1. The van der Waals surface area contributed by atoms with E-state index in [2.05, 4.69) is 34.9 Å². The third kappa shape index (κ3) is 1.78. The van der Waals surface area contributed by atoms with Crippen LogP contribution in [0.5, 0.6) is 0 Å². The molecule has 14 heavy (non-hydrogen) atoms. The van der Waals surface area contributed by atoms with Crippen molar-refractivity contribution in [1.29, 1.82) is 0 Å². The maximum absolute atomic E-state index is 2.50. The number of rotatable bonds is 2. The average Bonchev–Trinajstić information content (AvgIpc) is 2.61. The highest BCUT2D eigenvalue weighted by Crippen LogP contribution is 2.25. The summed E-state index contributed by atoms with van der Waals surface area (Å²) in [5.41, 5.74) is 0. The molecule has 1 aliphatic rings. The minimum atomic E-state index is 1.23. The zero-order valence-electron chi connectivity index (χ0n) is 8.99. The molecule has 0 aliphatic carbocycles. The van der Waals surface area contributed by atoms with Crippen molar-refractivity contribution in [1.82, 2.24) is 4.57 Å². The molecule has 1 aliphatic heterocycles. The van der Waals surface area contributed by atoms with E-state index < -0.39 is 0 Å². The first-order chi connectivity index (χ1) is 6.83. The molecule has 0 amide bonds. The van der Waals surface area contributed by atoms with E-state index in [1.165, 1.54) is 43.2 Å². The largest absolute Gasteiger partial charge is 0.358 e. The van der Waals surface area contributed by atoms with Crippen molar-refractivity contribution in [3.8, 4) is 0 Å². The lowest BCUT2D eigenvalue weighted by atomic mass is 10.1. The highest BCUT2D eigenvalue weighted by molar-refractivity contribution is 7.98. The molecule has 0 saturated carbocycles. The monoisotopic (exact) mass is 210 g/mol. The van der Waals surface area contributed by atoms with Crippen molar-refractivity contribution < 1.29 is 0 Å². The van der Waals surface area contributed by atoms with E-state index in [0.29, 0.717) is 0 Å². The Balaban J connectivity index is 2.18. The van der Waals surface area contributed by atoms with Gasteiger partial charge in [0.2, 0.25) is 0 Å². The van der Waals surface area contributed by atoms with Crippen LogP contribution in [0.1, 0.15) is 19.3 Å². The van der Waals surface area contributed by atoms with E-state index in [4.69, 9.17) is 0 Å². The van der Waals surface area contributed by atoms with Crippen LogP contribution in [0.3, 0.4) is 0 Å². The summed E-state index contributed by atoms with van der Waals surface area (Å²) >= 11 is 1.82. The van der Waals surface area contributed by atoms with Crippen molar-refractivity contribution in [2.24, 2.45) is 7.05 Å². The van der Waals surface area contributed by atoms with Crippen LogP contribution < -0.4 is 4.90 Å². The molecule has 0 atom stereocenters. The Morgan fingerprint density at radius 3 is 2.43 bits per heavy atom. The lowest BCUT2D eigenvalue weighted by Gasteiger charge is -2.29. The van der Waals surface area contributed by atoms with Crippen molar-refractivity contribution in [3.05, 3.63) is 12.1 Å². The van der Waals surface area contributed by atoms with Gasteiger partial charge in [-0.3, -0.25) is 0 Å². The van der Waals surface area contributed by atoms with Gasteiger partial charge in [-0.15, -0.1) is 11.8 Å². The Bertz CT molecular complexity index is 300. The summed E-state index contributed by atoms with van der Waals surface area (Å²) in [6.07, 6.45) is 6.23. The number of aromatic nitrogens is 1. The molecule has 78 valence electrons. The predicted octanol–water partition coefficient (Wildman–Crippen LogP) is 2.74. The summed E-state index contributed by atoms with van der Waals surface area (Å²) in [4.78, 5) is 2.50. The van der Waals surface area contributed by atoms with E-state index in [1.54, 1.807) is 0 Å². The fourth-order valence-electron chi connectivity index (χ4n) is 2.13. The Kier molecular flexibility index (Phi) is 3.06. The first-order valence-electron chi connectivity index (χ1n) is 5.27. The lowest BCUT2D eigenvalue weighted by molar-refractivity contribution is 0.564. The minimum absolute atomic E-state index is 1.23. The summed E-state index contributed by atoms with van der Waals surface area (Å²) in [5, 5.41) is 1.35. The lowest BCUT2D eigenvalue weighted by Crippen LogP contribution is -2.30. The zero-order chi connectivity index (χ0) is 9.97. The minimum Gasteiger partial charge on any atom is -0.358 e.